The predicted octanol–water partition coefficient (Wildman–Crippen LogP) is 3.08. The number of methoxy groups -OCH3 is 1. The van der Waals surface area contributed by atoms with Crippen LogP contribution in [0.5, 0.6) is 5.75 Å². The fourth-order valence-electron chi connectivity index (χ4n) is 3.98. The van der Waals surface area contributed by atoms with Gasteiger partial charge in [-0.25, -0.2) is 4.98 Å². The molecule has 0 atom stereocenters. The number of nitrogen functional groups attached to an aromatic ring is 1. The van der Waals surface area contributed by atoms with Gasteiger partial charge < -0.3 is 20.3 Å². The second-order valence-electron chi connectivity index (χ2n) is 8.27. The molecule has 1 aliphatic rings. The Hall–Kier alpha value is -3.89. The van der Waals surface area contributed by atoms with Crippen molar-refractivity contribution in [3.8, 4) is 28.7 Å². The second-order valence-corrected chi connectivity index (χ2v) is 8.27. The topological polar surface area (TPSA) is 84.6 Å². The monoisotopic (exact) mass is 455 g/mol. The molecule has 34 heavy (non-hydrogen) atoms. The zero-order valence-corrected chi connectivity index (χ0v) is 19.8. The van der Waals surface area contributed by atoms with Crippen LogP contribution in [0, 0.1) is 11.8 Å². The summed E-state index contributed by atoms with van der Waals surface area (Å²) in [6, 6.07) is 11.2. The van der Waals surface area contributed by atoms with Gasteiger partial charge in [-0.15, -0.1) is 0 Å². The summed E-state index contributed by atoms with van der Waals surface area (Å²) in [5, 5.41) is 0. The lowest BCUT2D eigenvalue weighted by molar-refractivity contribution is 0.0661. The molecule has 0 bridgehead atoms. The number of likely N-dealkylation sites (N-methyl/N-ethyl adjacent to an activating group) is 1. The van der Waals surface area contributed by atoms with Crippen LogP contribution in [0.25, 0.3) is 11.1 Å². The number of hydrogen-bond donors (Lipinski definition) is 1. The van der Waals surface area contributed by atoms with Crippen molar-refractivity contribution in [2.75, 3.05) is 46.1 Å². The average molecular weight is 456 g/mol. The number of aryl methyl sites for hydroxylation is 1. The molecule has 1 aliphatic heterocycles. The molecule has 0 radical (unpaired) electrons. The molecule has 4 rings (SSSR count). The highest BCUT2D eigenvalue weighted by Crippen LogP contribution is 2.31. The number of ether oxygens (including phenoxy) is 1. The third-order valence-corrected chi connectivity index (χ3v) is 6.02. The molecule has 0 unspecified atom stereocenters. The summed E-state index contributed by atoms with van der Waals surface area (Å²) in [6.45, 7) is 5.22. The van der Waals surface area contributed by atoms with Gasteiger partial charge in [-0.1, -0.05) is 24.8 Å². The van der Waals surface area contributed by atoms with E-state index in [0.717, 1.165) is 47.5 Å². The zero-order chi connectivity index (χ0) is 24.1. The molecule has 3 heterocycles. The lowest BCUT2D eigenvalue weighted by Gasteiger charge is -2.32. The van der Waals surface area contributed by atoms with Crippen LogP contribution < -0.4 is 10.5 Å². The Labute approximate surface area is 200 Å². The quantitative estimate of drug-likeness (QED) is 0.609. The van der Waals surface area contributed by atoms with Crippen LogP contribution in [0.3, 0.4) is 0 Å². The van der Waals surface area contributed by atoms with Gasteiger partial charge in [0, 0.05) is 49.7 Å². The molecule has 0 saturated carbocycles. The van der Waals surface area contributed by atoms with Crippen LogP contribution in [-0.2, 0) is 6.42 Å². The van der Waals surface area contributed by atoms with E-state index in [2.05, 4.69) is 40.7 Å². The van der Waals surface area contributed by atoms with Crippen LogP contribution in [0.1, 0.15) is 34.1 Å². The van der Waals surface area contributed by atoms with Gasteiger partial charge in [-0.2, -0.15) is 0 Å². The first kappa shape index (κ1) is 23.3. The molecule has 1 aromatic carbocycles. The first-order valence-corrected chi connectivity index (χ1v) is 11.4. The highest BCUT2D eigenvalue weighted by atomic mass is 16.5. The Morgan fingerprint density at radius 1 is 1.09 bits per heavy atom. The van der Waals surface area contributed by atoms with Crippen LogP contribution in [0.2, 0.25) is 0 Å². The number of pyridine rings is 2. The highest BCUT2D eigenvalue weighted by molar-refractivity contribution is 5.98. The van der Waals surface area contributed by atoms with E-state index in [-0.39, 0.29) is 5.91 Å². The number of carbonyl (C=O) groups is 1. The Morgan fingerprint density at radius 2 is 1.88 bits per heavy atom. The van der Waals surface area contributed by atoms with Gasteiger partial charge in [0.1, 0.15) is 11.6 Å². The molecular weight excluding hydrogens is 426 g/mol. The molecule has 1 amide bonds. The van der Waals surface area contributed by atoms with Crippen LogP contribution >= 0.6 is 0 Å². The van der Waals surface area contributed by atoms with E-state index >= 15 is 0 Å². The number of hydrogen-bond acceptors (Lipinski definition) is 6. The van der Waals surface area contributed by atoms with Crippen LogP contribution in [0.15, 0.2) is 48.8 Å². The fraction of sp³-hybridized carbons (Fsp3) is 0.296. The highest BCUT2D eigenvalue weighted by Gasteiger charge is 2.23. The van der Waals surface area contributed by atoms with Crippen molar-refractivity contribution >= 4 is 11.7 Å². The van der Waals surface area contributed by atoms with Gasteiger partial charge in [0.05, 0.1) is 23.9 Å². The van der Waals surface area contributed by atoms with Gasteiger partial charge >= 0.3 is 0 Å². The van der Waals surface area contributed by atoms with Crippen molar-refractivity contribution in [2.45, 2.75) is 13.3 Å². The SMILES string of the molecule is CCc1nccc(-c2ccc(C(=O)N3CCN(C)CC3)c(OC)c2)c1C#Cc1ccc(N)nc1. The van der Waals surface area contributed by atoms with Crippen molar-refractivity contribution in [2.24, 2.45) is 0 Å². The molecule has 7 heteroatoms. The first-order chi connectivity index (χ1) is 16.5. The number of nitrogens with zero attached hydrogens (tertiary/aromatic N) is 4. The zero-order valence-electron chi connectivity index (χ0n) is 19.8. The van der Waals surface area contributed by atoms with Gasteiger partial charge in [0.15, 0.2) is 0 Å². The van der Waals surface area contributed by atoms with Crippen molar-refractivity contribution in [3.63, 3.8) is 0 Å². The summed E-state index contributed by atoms with van der Waals surface area (Å²) in [6.07, 6.45) is 4.20. The summed E-state index contributed by atoms with van der Waals surface area (Å²) < 4.78 is 5.65. The summed E-state index contributed by atoms with van der Waals surface area (Å²) in [7, 11) is 3.67. The van der Waals surface area contributed by atoms with Gasteiger partial charge in [-0.3, -0.25) is 9.78 Å². The van der Waals surface area contributed by atoms with E-state index in [1.165, 1.54) is 0 Å². The largest absolute Gasteiger partial charge is 0.496 e. The molecular formula is C27H29N5O2. The smallest absolute Gasteiger partial charge is 0.257 e. The molecule has 7 nitrogen and oxygen atoms in total. The Kier molecular flexibility index (Phi) is 7.09. The number of amides is 1. The minimum atomic E-state index is -0.00339. The standard InChI is InChI=1S/C27H29N5O2/c1-4-24-22(8-5-19-6-10-26(28)30-18-19)21(11-12-29-24)20-7-9-23(25(17-20)34-3)27(33)32-15-13-31(2)14-16-32/h6-7,9-12,17-18H,4,13-16H2,1-3H3,(H2,28,30). The summed E-state index contributed by atoms with van der Waals surface area (Å²) in [4.78, 5) is 25.9. The third-order valence-electron chi connectivity index (χ3n) is 6.02. The number of benzene rings is 1. The Balaban J connectivity index is 1.71. The van der Waals surface area contributed by atoms with Crippen molar-refractivity contribution in [3.05, 3.63) is 71.2 Å². The summed E-state index contributed by atoms with van der Waals surface area (Å²) in [5.74, 6) is 7.47. The van der Waals surface area contributed by atoms with Crippen molar-refractivity contribution in [1.29, 1.82) is 0 Å². The number of nitrogens with two attached hydrogens (primary N) is 1. The third kappa shape index (κ3) is 5.03. The predicted molar refractivity (Wildman–Crippen MR) is 134 cm³/mol. The maximum Gasteiger partial charge on any atom is 0.257 e. The normalized spacial score (nSPS) is 13.8. The van der Waals surface area contributed by atoms with Crippen molar-refractivity contribution < 1.29 is 9.53 Å². The van der Waals surface area contributed by atoms with Crippen molar-refractivity contribution in [1.82, 2.24) is 19.8 Å². The van der Waals surface area contributed by atoms with E-state index in [0.29, 0.717) is 30.2 Å². The first-order valence-electron chi connectivity index (χ1n) is 11.4. The minimum absolute atomic E-state index is 0.00339. The fourth-order valence-corrected chi connectivity index (χ4v) is 3.98. The van der Waals surface area contributed by atoms with Crippen LogP contribution in [-0.4, -0.2) is 66.0 Å². The lowest BCUT2D eigenvalue weighted by Crippen LogP contribution is -2.47. The number of aromatic nitrogens is 2. The van der Waals surface area contributed by atoms with Gasteiger partial charge in [0.2, 0.25) is 0 Å². The average Bonchev–Trinajstić information content (AvgIpc) is 2.87. The van der Waals surface area contributed by atoms with Gasteiger partial charge in [-0.05, 0) is 49.4 Å². The van der Waals surface area contributed by atoms with E-state index in [4.69, 9.17) is 10.5 Å². The summed E-state index contributed by atoms with van der Waals surface area (Å²) in [5.41, 5.74) is 10.6. The molecule has 2 N–H and O–H groups in total. The van der Waals surface area contributed by atoms with E-state index < -0.39 is 0 Å². The molecule has 2 aromatic heterocycles. The molecule has 0 spiro atoms. The molecule has 1 saturated heterocycles. The van der Waals surface area contributed by atoms with E-state index in [1.54, 1.807) is 25.6 Å². The number of anilines is 1. The second kappa shape index (κ2) is 10.4. The molecule has 3 aromatic rings. The molecule has 1 fully saturated rings. The maximum absolute atomic E-state index is 13.2. The number of rotatable bonds is 4. The molecule has 0 aliphatic carbocycles. The van der Waals surface area contributed by atoms with Crippen LogP contribution in [0.4, 0.5) is 5.82 Å². The Bertz CT molecular complexity index is 1240. The summed E-state index contributed by atoms with van der Waals surface area (Å²) >= 11 is 0. The number of carbonyl (C=O) groups excluding carboxylic acids is 1. The lowest BCUT2D eigenvalue weighted by atomic mass is 9.96. The number of piperazine rings is 1. The maximum atomic E-state index is 13.2. The Morgan fingerprint density at radius 3 is 2.56 bits per heavy atom. The van der Waals surface area contributed by atoms with E-state index in [1.807, 2.05) is 35.2 Å². The van der Waals surface area contributed by atoms with Gasteiger partial charge in [0.25, 0.3) is 5.91 Å². The van der Waals surface area contributed by atoms with E-state index in [9.17, 15) is 4.79 Å². The minimum Gasteiger partial charge on any atom is -0.496 e. The molecule has 174 valence electrons.